The van der Waals surface area contributed by atoms with Crippen LogP contribution in [0, 0.1) is 0 Å². The number of ether oxygens (including phenoxy) is 2. The highest BCUT2D eigenvalue weighted by Crippen LogP contribution is 2.30. The lowest BCUT2D eigenvalue weighted by Crippen LogP contribution is -2.60. The summed E-state index contributed by atoms with van der Waals surface area (Å²) in [6.45, 7) is 2.83. The first kappa shape index (κ1) is 9.44. The van der Waals surface area contributed by atoms with Crippen molar-refractivity contribution < 1.29 is 9.47 Å². The molecule has 0 aromatic carbocycles. The topological polar surface area (TPSA) is 30.5 Å². The lowest BCUT2D eigenvalue weighted by molar-refractivity contribution is -0.131. The fraction of sp³-hybridized carbons (Fsp3) is 1.00. The molecule has 3 atom stereocenters. The van der Waals surface area contributed by atoms with E-state index in [1.54, 1.807) is 7.11 Å². The van der Waals surface area contributed by atoms with Crippen molar-refractivity contribution in [1.29, 1.82) is 0 Å². The lowest BCUT2D eigenvalue weighted by Gasteiger charge is -2.43. The van der Waals surface area contributed by atoms with Crippen LogP contribution in [-0.4, -0.2) is 38.0 Å². The van der Waals surface area contributed by atoms with Crippen molar-refractivity contribution in [3.63, 3.8) is 0 Å². The van der Waals surface area contributed by atoms with E-state index in [9.17, 15) is 0 Å². The van der Waals surface area contributed by atoms with Gasteiger partial charge in [0.2, 0.25) is 0 Å². The van der Waals surface area contributed by atoms with Gasteiger partial charge in [-0.05, 0) is 26.2 Å². The number of hydrogen-bond acceptors (Lipinski definition) is 3. The molecule has 3 unspecified atom stereocenters. The van der Waals surface area contributed by atoms with Gasteiger partial charge in [-0.25, -0.2) is 0 Å². The molecule has 3 nitrogen and oxygen atoms in total. The molecule has 0 aromatic rings. The van der Waals surface area contributed by atoms with Crippen LogP contribution >= 0.6 is 0 Å². The lowest BCUT2D eigenvalue weighted by atomic mass is 9.85. The molecule has 0 radical (unpaired) electrons. The Hall–Kier alpha value is -0.120. The molecule has 0 bridgehead atoms. The van der Waals surface area contributed by atoms with E-state index in [-0.39, 0.29) is 6.10 Å². The number of rotatable bonds is 5. The Bertz CT molecular complexity index is 170. The molecule has 0 spiro atoms. The zero-order chi connectivity index (χ0) is 9.26. The second kappa shape index (κ2) is 3.95. The molecule has 13 heavy (non-hydrogen) atoms. The van der Waals surface area contributed by atoms with E-state index in [4.69, 9.17) is 9.47 Å². The Morgan fingerprint density at radius 3 is 2.69 bits per heavy atom. The maximum atomic E-state index is 5.55. The fourth-order valence-electron chi connectivity index (χ4n) is 1.99. The quantitative estimate of drug-likeness (QED) is 0.691. The summed E-state index contributed by atoms with van der Waals surface area (Å²) in [5, 5.41) is 3.57. The Morgan fingerprint density at radius 2 is 2.15 bits per heavy atom. The molecule has 0 aromatic heterocycles. The van der Waals surface area contributed by atoms with E-state index in [1.807, 2.05) is 6.92 Å². The molecule has 2 saturated carbocycles. The Kier molecular flexibility index (Phi) is 2.86. The maximum Gasteiger partial charge on any atom is 0.0986 e. The van der Waals surface area contributed by atoms with Crippen molar-refractivity contribution in [1.82, 2.24) is 5.32 Å². The average molecular weight is 185 g/mol. The molecule has 0 heterocycles. The molecule has 2 aliphatic rings. The third-order valence-corrected chi connectivity index (χ3v) is 2.93. The molecular formula is C10H19NO2. The SMILES string of the molecule is CCOC1CC(NC2CC2)C1OC. The third-order valence-electron chi connectivity index (χ3n) is 2.93. The summed E-state index contributed by atoms with van der Waals surface area (Å²) in [5.74, 6) is 0. The largest absolute Gasteiger partial charge is 0.377 e. The van der Waals surface area contributed by atoms with E-state index in [0.29, 0.717) is 12.1 Å². The van der Waals surface area contributed by atoms with E-state index < -0.39 is 0 Å². The minimum Gasteiger partial charge on any atom is -0.377 e. The zero-order valence-electron chi connectivity index (χ0n) is 8.45. The normalized spacial score (nSPS) is 38.8. The van der Waals surface area contributed by atoms with Crippen molar-refractivity contribution in [2.75, 3.05) is 13.7 Å². The van der Waals surface area contributed by atoms with Crippen LogP contribution in [-0.2, 0) is 9.47 Å². The minimum atomic E-state index is 0.278. The summed E-state index contributed by atoms with van der Waals surface area (Å²) >= 11 is 0. The van der Waals surface area contributed by atoms with Gasteiger partial charge >= 0.3 is 0 Å². The van der Waals surface area contributed by atoms with Crippen molar-refractivity contribution >= 4 is 0 Å². The fourth-order valence-corrected chi connectivity index (χ4v) is 1.99. The molecule has 0 aliphatic heterocycles. The summed E-state index contributed by atoms with van der Waals surface area (Å²) < 4.78 is 11.0. The van der Waals surface area contributed by atoms with Crippen LogP contribution < -0.4 is 5.32 Å². The first-order valence-corrected chi connectivity index (χ1v) is 5.25. The van der Waals surface area contributed by atoms with Gasteiger partial charge in [0.25, 0.3) is 0 Å². The molecular weight excluding hydrogens is 166 g/mol. The Labute approximate surface area is 79.8 Å². The van der Waals surface area contributed by atoms with E-state index in [2.05, 4.69) is 5.32 Å². The van der Waals surface area contributed by atoms with Gasteiger partial charge in [0.15, 0.2) is 0 Å². The number of methoxy groups -OCH3 is 1. The standard InChI is InChI=1S/C10H19NO2/c1-3-13-9-6-8(10(9)12-2)11-7-4-5-7/h7-11H,3-6H2,1-2H3. The van der Waals surface area contributed by atoms with E-state index >= 15 is 0 Å². The average Bonchev–Trinajstić information content (AvgIpc) is 2.87. The molecule has 2 rings (SSSR count). The zero-order valence-corrected chi connectivity index (χ0v) is 8.45. The van der Waals surface area contributed by atoms with Crippen LogP contribution in [0.3, 0.4) is 0 Å². The highest BCUT2D eigenvalue weighted by molar-refractivity contribution is 5.00. The first-order valence-electron chi connectivity index (χ1n) is 5.25. The van der Waals surface area contributed by atoms with Crippen LogP contribution in [0.2, 0.25) is 0 Å². The van der Waals surface area contributed by atoms with Crippen LogP contribution in [0.25, 0.3) is 0 Å². The maximum absolute atomic E-state index is 5.55. The predicted molar refractivity (Wildman–Crippen MR) is 50.8 cm³/mol. The van der Waals surface area contributed by atoms with E-state index in [0.717, 1.165) is 19.1 Å². The first-order chi connectivity index (χ1) is 6.35. The summed E-state index contributed by atoms with van der Waals surface area (Å²) in [7, 11) is 1.78. The number of nitrogens with one attached hydrogen (secondary N) is 1. The van der Waals surface area contributed by atoms with Gasteiger partial charge in [0.1, 0.15) is 0 Å². The van der Waals surface area contributed by atoms with Crippen LogP contribution in [0.1, 0.15) is 26.2 Å². The summed E-state index contributed by atoms with van der Waals surface area (Å²) in [6.07, 6.45) is 4.40. The smallest absolute Gasteiger partial charge is 0.0986 e. The molecule has 0 saturated heterocycles. The van der Waals surface area contributed by atoms with Crippen molar-refractivity contribution in [2.45, 2.75) is 50.5 Å². The predicted octanol–water partition coefficient (Wildman–Crippen LogP) is 0.931. The highest BCUT2D eigenvalue weighted by atomic mass is 16.5. The van der Waals surface area contributed by atoms with Crippen molar-refractivity contribution in [3.8, 4) is 0 Å². The van der Waals surface area contributed by atoms with Crippen molar-refractivity contribution in [2.24, 2.45) is 0 Å². The van der Waals surface area contributed by atoms with Gasteiger partial charge in [0, 0.05) is 25.8 Å². The Morgan fingerprint density at radius 1 is 1.38 bits per heavy atom. The van der Waals surface area contributed by atoms with Crippen molar-refractivity contribution in [3.05, 3.63) is 0 Å². The molecule has 0 amide bonds. The second-order valence-corrected chi connectivity index (χ2v) is 3.98. The third kappa shape index (κ3) is 2.03. The molecule has 76 valence electrons. The minimum absolute atomic E-state index is 0.278. The van der Waals surface area contributed by atoms with Crippen LogP contribution in [0.5, 0.6) is 0 Å². The van der Waals surface area contributed by atoms with E-state index in [1.165, 1.54) is 12.8 Å². The summed E-state index contributed by atoms with van der Waals surface area (Å²) in [6, 6.07) is 1.30. The molecule has 2 fully saturated rings. The van der Waals surface area contributed by atoms with Crippen LogP contribution in [0.4, 0.5) is 0 Å². The van der Waals surface area contributed by atoms with Gasteiger partial charge in [-0.3, -0.25) is 0 Å². The van der Waals surface area contributed by atoms with Gasteiger partial charge in [0.05, 0.1) is 12.2 Å². The highest BCUT2D eigenvalue weighted by Gasteiger charge is 2.43. The monoisotopic (exact) mass is 185 g/mol. The second-order valence-electron chi connectivity index (χ2n) is 3.98. The molecule has 2 aliphatic carbocycles. The van der Waals surface area contributed by atoms with Crippen LogP contribution in [0.15, 0.2) is 0 Å². The van der Waals surface area contributed by atoms with Gasteiger partial charge < -0.3 is 14.8 Å². The summed E-state index contributed by atoms with van der Waals surface area (Å²) in [4.78, 5) is 0. The molecule has 1 N–H and O–H groups in total. The Balaban J connectivity index is 1.73. The van der Waals surface area contributed by atoms with Gasteiger partial charge in [-0.15, -0.1) is 0 Å². The number of hydrogen-bond donors (Lipinski definition) is 1. The van der Waals surface area contributed by atoms with Gasteiger partial charge in [-0.2, -0.15) is 0 Å². The summed E-state index contributed by atoms with van der Waals surface area (Å²) in [5.41, 5.74) is 0. The van der Waals surface area contributed by atoms with Gasteiger partial charge in [-0.1, -0.05) is 0 Å². The molecule has 3 heteroatoms.